The average Bonchev–Trinajstić information content (AvgIpc) is 2.62. The van der Waals surface area contributed by atoms with Gasteiger partial charge in [0.2, 0.25) is 0 Å². The monoisotopic (exact) mass is 397 g/mol. The molecule has 0 aliphatic rings. The highest BCUT2D eigenvalue weighted by molar-refractivity contribution is 6.36. The number of nitrogens with zero attached hydrogens (tertiary/aromatic N) is 2. The number of ether oxygens (including phenoxy) is 2. The van der Waals surface area contributed by atoms with Gasteiger partial charge in [0.15, 0.2) is 5.72 Å². The summed E-state index contributed by atoms with van der Waals surface area (Å²) in [5.74, 6) is 0.694. The highest BCUT2D eigenvalue weighted by Gasteiger charge is 2.26. The Bertz CT molecular complexity index is 771. The molecule has 1 atom stereocenters. The Kier molecular flexibility index (Phi) is 7.24. The third-order valence-corrected chi connectivity index (χ3v) is 4.70. The van der Waals surface area contributed by atoms with Crippen LogP contribution in [0.2, 0.25) is 10.0 Å². The fraction of sp³-hybridized carbons (Fsp3) is 0.474. The molecular weight excluding hydrogens is 373 g/mol. The summed E-state index contributed by atoms with van der Waals surface area (Å²) >= 11 is 12.4. The van der Waals surface area contributed by atoms with Crippen molar-refractivity contribution in [1.82, 2.24) is 9.97 Å². The SMILES string of the molecule is CCc1nc(-c2ccc(Cl)cc2Cl)c(CC)nc1NC(C)(COC)OC. The maximum Gasteiger partial charge on any atom is 0.160 e. The van der Waals surface area contributed by atoms with Crippen LogP contribution in [0.1, 0.15) is 32.2 Å². The van der Waals surface area contributed by atoms with Gasteiger partial charge in [0, 0.05) is 24.8 Å². The van der Waals surface area contributed by atoms with Crippen molar-refractivity contribution < 1.29 is 9.47 Å². The van der Waals surface area contributed by atoms with Crippen molar-refractivity contribution in [1.29, 1.82) is 0 Å². The second-order valence-corrected chi connectivity index (χ2v) is 6.98. The van der Waals surface area contributed by atoms with Crippen molar-refractivity contribution in [2.24, 2.45) is 0 Å². The number of nitrogens with one attached hydrogen (secondary N) is 1. The van der Waals surface area contributed by atoms with Crippen LogP contribution < -0.4 is 5.32 Å². The molecule has 2 rings (SSSR count). The van der Waals surface area contributed by atoms with Gasteiger partial charge in [0.25, 0.3) is 0 Å². The van der Waals surface area contributed by atoms with Gasteiger partial charge in [-0.05, 0) is 38.0 Å². The third-order valence-electron chi connectivity index (χ3n) is 4.15. The Morgan fingerprint density at radius 3 is 2.31 bits per heavy atom. The van der Waals surface area contributed by atoms with Gasteiger partial charge in [-0.15, -0.1) is 0 Å². The van der Waals surface area contributed by atoms with E-state index < -0.39 is 5.72 Å². The molecule has 1 aromatic heterocycles. The van der Waals surface area contributed by atoms with E-state index in [0.29, 0.717) is 35.3 Å². The molecule has 7 heteroatoms. The Morgan fingerprint density at radius 1 is 1.08 bits per heavy atom. The predicted molar refractivity (Wildman–Crippen MR) is 107 cm³/mol. The third kappa shape index (κ3) is 4.65. The van der Waals surface area contributed by atoms with Gasteiger partial charge >= 0.3 is 0 Å². The molecule has 5 nitrogen and oxygen atoms in total. The van der Waals surface area contributed by atoms with Crippen molar-refractivity contribution in [3.63, 3.8) is 0 Å². The lowest BCUT2D eigenvalue weighted by molar-refractivity contribution is -0.0304. The largest absolute Gasteiger partial charge is 0.380 e. The van der Waals surface area contributed by atoms with Gasteiger partial charge in [-0.3, -0.25) is 0 Å². The standard InChI is InChI=1S/C19H25Cl2N3O2/c1-6-15-17(13-9-8-12(20)10-14(13)21)22-16(7-2)18(23-15)24-19(3,26-5)11-25-4/h8-10H,6-7,11H2,1-5H3,(H,23,24). The van der Waals surface area contributed by atoms with Crippen LogP contribution in [0.5, 0.6) is 0 Å². The fourth-order valence-electron chi connectivity index (χ4n) is 2.67. The number of aromatic nitrogens is 2. The smallest absolute Gasteiger partial charge is 0.160 e. The summed E-state index contributed by atoms with van der Waals surface area (Å²) in [5.41, 5.74) is 2.60. The number of benzene rings is 1. The zero-order valence-corrected chi connectivity index (χ0v) is 17.3. The lowest BCUT2D eigenvalue weighted by atomic mass is 10.1. The molecule has 0 fully saturated rings. The molecule has 0 saturated carbocycles. The zero-order valence-electron chi connectivity index (χ0n) is 15.8. The molecule has 0 aliphatic carbocycles. The van der Waals surface area contributed by atoms with Crippen LogP contribution in [-0.2, 0) is 22.3 Å². The Balaban J connectivity index is 2.54. The molecule has 0 saturated heterocycles. The molecular formula is C19H25Cl2N3O2. The molecule has 0 amide bonds. The summed E-state index contributed by atoms with van der Waals surface area (Å²) in [6.07, 6.45) is 1.43. The molecule has 142 valence electrons. The molecule has 0 spiro atoms. The van der Waals surface area contributed by atoms with E-state index in [9.17, 15) is 0 Å². The van der Waals surface area contributed by atoms with Crippen molar-refractivity contribution >= 4 is 29.0 Å². The molecule has 2 aromatic rings. The summed E-state index contributed by atoms with van der Waals surface area (Å²) in [5, 5.41) is 4.48. The highest BCUT2D eigenvalue weighted by Crippen LogP contribution is 2.33. The Labute approximate surface area is 165 Å². The summed E-state index contributed by atoms with van der Waals surface area (Å²) in [6, 6.07) is 5.41. The van der Waals surface area contributed by atoms with Crippen LogP contribution in [0.4, 0.5) is 5.82 Å². The van der Waals surface area contributed by atoms with E-state index in [1.54, 1.807) is 20.3 Å². The van der Waals surface area contributed by atoms with Crippen molar-refractivity contribution in [3.05, 3.63) is 39.6 Å². The first kappa shape index (κ1) is 20.9. The number of methoxy groups -OCH3 is 2. The first-order valence-corrected chi connectivity index (χ1v) is 9.30. The van der Waals surface area contributed by atoms with E-state index in [1.165, 1.54) is 0 Å². The Morgan fingerprint density at radius 2 is 1.77 bits per heavy atom. The van der Waals surface area contributed by atoms with Gasteiger partial charge in [0.1, 0.15) is 5.82 Å². The lowest BCUT2D eigenvalue weighted by Crippen LogP contribution is -2.42. The van der Waals surface area contributed by atoms with Crippen LogP contribution in [0.15, 0.2) is 18.2 Å². The maximum atomic E-state index is 6.39. The molecule has 0 bridgehead atoms. The van der Waals surface area contributed by atoms with Crippen molar-refractivity contribution in [3.8, 4) is 11.3 Å². The molecule has 1 N–H and O–H groups in total. The quantitative estimate of drug-likeness (QED) is 0.635. The second-order valence-electron chi connectivity index (χ2n) is 6.14. The normalized spacial score (nSPS) is 13.5. The number of aryl methyl sites for hydroxylation is 2. The molecule has 1 unspecified atom stereocenters. The van der Waals surface area contributed by atoms with E-state index in [0.717, 1.165) is 22.6 Å². The summed E-state index contributed by atoms with van der Waals surface area (Å²) in [7, 11) is 3.27. The highest BCUT2D eigenvalue weighted by atomic mass is 35.5. The second kappa shape index (κ2) is 9.00. The molecule has 0 radical (unpaired) electrons. The fourth-order valence-corrected chi connectivity index (χ4v) is 3.17. The summed E-state index contributed by atoms with van der Waals surface area (Å²) < 4.78 is 10.8. The van der Waals surface area contributed by atoms with Gasteiger partial charge < -0.3 is 14.8 Å². The number of anilines is 1. The summed E-state index contributed by atoms with van der Waals surface area (Å²) in [6.45, 7) is 6.36. The van der Waals surface area contributed by atoms with Crippen molar-refractivity contribution in [2.75, 3.05) is 26.1 Å². The first-order chi connectivity index (χ1) is 12.4. The zero-order chi connectivity index (χ0) is 19.3. The number of hydrogen-bond donors (Lipinski definition) is 1. The van der Waals surface area contributed by atoms with Crippen LogP contribution >= 0.6 is 23.2 Å². The van der Waals surface area contributed by atoms with E-state index in [-0.39, 0.29) is 0 Å². The minimum atomic E-state index is -0.697. The van der Waals surface area contributed by atoms with Gasteiger partial charge in [-0.1, -0.05) is 37.0 Å². The topological polar surface area (TPSA) is 56.3 Å². The minimum absolute atomic E-state index is 0.376. The first-order valence-electron chi connectivity index (χ1n) is 8.54. The van der Waals surface area contributed by atoms with E-state index in [2.05, 4.69) is 5.32 Å². The van der Waals surface area contributed by atoms with E-state index >= 15 is 0 Å². The van der Waals surface area contributed by atoms with E-state index in [4.69, 9.17) is 42.6 Å². The minimum Gasteiger partial charge on any atom is -0.380 e. The van der Waals surface area contributed by atoms with Crippen LogP contribution in [-0.4, -0.2) is 36.5 Å². The molecule has 26 heavy (non-hydrogen) atoms. The van der Waals surface area contributed by atoms with Crippen LogP contribution in [0.3, 0.4) is 0 Å². The average molecular weight is 398 g/mol. The molecule has 1 heterocycles. The molecule has 1 aromatic carbocycles. The van der Waals surface area contributed by atoms with Gasteiger partial charge in [-0.25, -0.2) is 9.97 Å². The lowest BCUT2D eigenvalue weighted by Gasteiger charge is -2.30. The van der Waals surface area contributed by atoms with Crippen molar-refractivity contribution in [2.45, 2.75) is 39.3 Å². The maximum absolute atomic E-state index is 6.39. The summed E-state index contributed by atoms with van der Waals surface area (Å²) in [4.78, 5) is 9.67. The van der Waals surface area contributed by atoms with Crippen LogP contribution in [0, 0.1) is 0 Å². The number of hydrogen-bond acceptors (Lipinski definition) is 5. The Hall–Kier alpha value is -1.40. The van der Waals surface area contributed by atoms with Gasteiger partial charge in [0.05, 0.1) is 28.7 Å². The van der Waals surface area contributed by atoms with E-state index in [1.807, 2.05) is 32.9 Å². The molecule has 0 aliphatic heterocycles. The van der Waals surface area contributed by atoms with Crippen LogP contribution in [0.25, 0.3) is 11.3 Å². The van der Waals surface area contributed by atoms with Gasteiger partial charge in [-0.2, -0.15) is 0 Å². The predicted octanol–water partition coefficient (Wildman–Crippen LogP) is 5.00. The number of rotatable bonds is 8. The number of halogens is 2.